The molecule has 3 heterocycles. The van der Waals surface area contributed by atoms with E-state index < -0.39 is 0 Å². The van der Waals surface area contributed by atoms with Crippen molar-refractivity contribution in [1.82, 2.24) is 20.4 Å². The molecule has 1 amide bonds. The number of rotatable bonds is 7. The Bertz CT molecular complexity index is 1120. The summed E-state index contributed by atoms with van der Waals surface area (Å²) in [6.45, 7) is 2.31. The lowest BCUT2D eigenvalue weighted by molar-refractivity contribution is -0.119. The molecular weight excluding hydrogens is 376 g/mol. The van der Waals surface area contributed by atoms with Gasteiger partial charge in [0.25, 0.3) is 0 Å². The standard InChI is InChI=1S/C24H24N4O2/c29-23-11-10-20(26-23)16-28(14-17-6-2-1-3-7-17)15-19-13-25-27-24(19)22-12-18-8-4-5-9-21(18)30-22/h1-9,12-13,20H,10-11,14-16H2,(H,25,27)(H,26,29)/t20-/m0/s1. The number of hydrogen-bond donors (Lipinski definition) is 2. The number of nitrogens with one attached hydrogen (secondary N) is 2. The van der Waals surface area contributed by atoms with Crippen LogP contribution in [0, 0.1) is 0 Å². The molecule has 4 aromatic rings. The number of H-pyrrole nitrogens is 1. The largest absolute Gasteiger partial charge is 0.454 e. The van der Waals surface area contributed by atoms with Crippen LogP contribution >= 0.6 is 0 Å². The number of benzene rings is 2. The van der Waals surface area contributed by atoms with Gasteiger partial charge < -0.3 is 9.73 Å². The third-order valence-electron chi connectivity index (χ3n) is 5.60. The molecule has 1 atom stereocenters. The van der Waals surface area contributed by atoms with Crippen molar-refractivity contribution in [1.29, 1.82) is 0 Å². The van der Waals surface area contributed by atoms with Crippen LogP contribution in [0.2, 0.25) is 0 Å². The fourth-order valence-corrected chi connectivity index (χ4v) is 4.14. The highest BCUT2D eigenvalue weighted by atomic mass is 16.3. The minimum atomic E-state index is 0.144. The zero-order valence-corrected chi connectivity index (χ0v) is 16.7. The van der Waals surface area contributed by atoms with E-state index >= 15 is 0 Å². The normalized spacial score (nSPS) is 16.4. The van der Waals surface area contributed by atoms with Crippen LogP contribution in [0.3, 0.4) is 0 Å². The Hall–Kier alpha value is -3.38. The van der Waals surface area contributed by atoms with E-state index in [9.17, 15) is 4.79 Å². The summed E-state index contributed by atoms with van der Waals surface area (Å²) in [5.74, 6) is 0.934. The van der Waals surface area contributed by atoms with Gasteiger partial charge in [-0.1, -0.05) is 48.5 Å². The highest BCUT2D eigenvalue weighted by molar-refractivity contribution is 5.82. The molecule has 6 heteroatoms. The average Bonchev–Trinajstić information content (AvgIpc) is 3.48. The van der Waals surface area contributed by atoms with Crippen LogP contribution in [0.5, 0.6) is 0 Å². The molecule has 1 aliphatic heterocycles. The third-order valence-corrected chi connectivity index (χ3v) is 5.60. The maximum absolute atomic E-state index is 11.7. The number of fused-ring (bicyclic) bond motifs is 1. The van der Waals surface area contributed by atoms with Crippen LogP contribution in [0.15, 0.2) is 71.3 Å². The van der Waals surface area contributed by atoms with Gasteiger partial charge in [-0.25, -0.2) is 0 Å². The van der Waals surface area contributed by atoms with Crippen molar-refractivity contribution in [3.05, 3.63) is 78.0 Å². The van der Waals surface area contributed by atoms with E-state index in [0.29, 0.717) is 13.0 Å². The molecule has 1 saturated heterocycles. The summed E-state index contributed by atoms with van der Waals surface area (Å²) in [5.41, 5.74) is 4.09. The van der Waals surface area contributed by atoms with Gasteiger partial charge in [0.15, 0.2) is 5.76 Å². The maximum atomic E-state index is 11.7. The van der Waals surface area contributed by atoms with Gasteiger partial charge in [-0.2, -0.15) is 5.10 Å². The van der Waals surface area contributed by atoms with E-state index in [1.165, 1.54) is 5.56 Å². The van der Waals surface area contributed by atoms with Crippen molar-refractivity contribution in [2.75, 3.05) is 6.54 Å². The fourth-order valence-electron chi connectivity index (χ4n) is 4.14. The van der Waals surface area contributed by atoms with E-state index in [-0.39, 0.29) is 11.9 Å². The molecule has 1 fully saturated rings. The number of carbonyl (C=O) groups is 1. The predicted octanol–water partition coefficient (Wildman–Crippen LogP) is 4.10. The Morgan fingerprint density at radius 3 is 2.70 bits per heavy atom. The molecule has 2 N–H and O–H groups in total. The van der Waals surface area contributed by atoms with Gasteiger partial charge in [0, 0.05) is 43.0 Å². The van der Waals surface area contributed by atoms with E-state index in [1.54, 1.807) is 0 Å². The second kappa shape index (κ2) is 8.16. The Morgan fingerprint density at radius 2 is 1.90 bits per heavy atom. The molecule has 0 unspecified atom stereocenters. The van der Waals surface area contributed by atoms with Gasteiger partial charge in [0.1, 0.15) is 11.3 Å². The summed E-state index contributed by atoms with van der Waals surface area (Å²) in [6.07, 6.45) is 3.36. The first-order chi connectivity index (χ1) is 14.7. The molecule has 2 aromatic heterocycles. The molecule has 1 aliphatic rings. The van der Waals surface area contributed by atoms with Crippen LogP contribution in [-0.4, -0.2) is 33.6 Å². The van der Waals surface area contributed by atoms with Crippen LogP contribution in [0.25, 0.3) is 22.4 Å². The van der Waals surface area contributed by atoms with Gasteiger partial charge >= 0.3 is 0 Å². The Labute approximate surface area is 174 Å². The third kappa shape index (κ3) is 4.00. The SMILES string of the molecule is O=C1CC[C@@H](CN(Cc2ccccc2)Cc2cn[nH]c2-c2cc3ccccc3o2)N1. The van der Waals surface area contributed by atoms with Crippen LogP contribution in [-0.2, 0) is 17.9 Å². The highest BCUT2D eigenvalue weighted by Gasteiger charge is 2.24. The highest BCUT2D eigenvalue weighted by Crippen LogP contribution is 2.29. The van der Waals surface area contributed by atoms with Gasteiger partial charge in [-0.05, 0) is 24.1 Å². The first-order valence-electron chi connectivity index (χ1n) is 10.3. The van der Waals surface area contributed by atoms with Crippen LogP contribution < -0.4 is 5.32 Å². The summed E-state index contributed by atoms with van der Waals surface area (Å²) >= 11 is 0. The van der Waals surface area contributed by atoms with Crippen molar-refractivity contribution in [2.45, 2.75) is 32.0 Å². The zero-order valence-electron chi connectivity index (χ0n) is 16.7. The molecule has 0 aliphatic carbocycles. The molecule has 0 radical (unpaired) electrons. The van der Waals surface area contributed by atoms with E-state index in [0.717, 1.165) is 47.5 Å². The second-order valence-electron chi connectivity index (χ2n) is 7.88. The molecule has 6 nitrogen and oxygen atoms in total. The predicted molar refractivity (Wildman–Crippen MR) is 116 cm³/mol. The quantitative estimate of drug-likeness (QED) is 0.490. The van der Waals surface area contributed by atoms with E-state index in [4.69, 9.17) is 4.42 Å². The summed E-state index contributed by atoms with van der Waals surface area (Å²) in [7, 11) is 0. The van der Waals surface area contributed by atoms with Gasteiger partial charge in [-0.3, -0.25) is 14.8 Å². The van der Waals surface area contributed by atoms with Crippen molar-refractivity contribution >= 4 is 16.9 Å². The van der Waals surface area contributed by atoms with Gasteiger partial charge in [0.05, 0.1) is 6.20 Å². The number of nitrogens with zero attached hydrogens (tertiary/aromatic N) is 2. The topological polar surface area (TPSA) is 74.2 Å². The number of amides is 1. The Kier molecular flexibility index (Phi) is 5.07. The lowest BCUT2D eigenvalue weighted by atomic mass is 10.1. The minimum absolute atomic E-state index is 0.144. The van der Waals surface area contributed by atoms with E-state index in [1.807, 2.05) is 42.6 Å². The lowest BCUT2D eigenvalue weighted by Gasteiger charge is -2.25. The first kappa shape index (κ1) is 18.6. The molecule has 30 heavy (non-hydrogen) atoms. The second-order valence-corrected chi connectivity index (χ2v) is 7.88. The number of hydrogen-bond acceptors (Lipinski definition) is 4. The lowest BCUT2D eigenvalue weighted by Crippen LogP contribution is -2.38. The minimum Gasteiger partial charge on any atom is -0.454 e. The molecule has 152 valence electrons. The van der Waals surface area contributed by atoms with Crippen molar-refractivity contribution < 1.29 is 9.21 Å². The Morgan fingerprint density at radius 1 is 1.07 bits per heavy atom. The molecule has 5 rings (SSSR count). The maximum Gasteiger partial charge on any atom is 0.220 e. The van der Waals surface area contributed by atoms with Crippen LogP contribution in [0.1, 0.15) is 24.0 Å². The molecule has 0 saturated carbocycles. The number of carbonyl (C=O) groups excluding carboxylic acids is 1. The molecule has 0 spiro atoms. The first-order valence-corrected chi connectivity index (χ1v) is 10.3. The molecule has 0 bridgehead atoms. The molecular formula is C24H24N4O2. The van der Waals surface area contributed by atoms with Crippen molar-refractivity contribution in [3.63, 3.8) is 0 Å². The van der Waals surface area contributed by atoms with Gasteiger partial charge in [0.2, 0.25) is 5.91 Å². The van der Waals surface area contributed by atoms with E-state index in [2.05, 4.69) is 44.7 Å². The summed E-state index contributed by atoms with van der Waals surface area (Å²) in [4.78, 5) is 14.0. The number of aromatic nitrogens is 2. The summed E-state index contributed by atoms with van der Waals surface area (Å²) in [5, 5.41) is 11.6. The Balaban J connectivity index is 1.40. The van der Waals surface area contributed by atoms with Crippen molar-refractivity contribution in [2.24, 2.45) is 0 Å². The fraction of sp³-hybridized carbons (Fsp3) is 0.250. The smallest absolute Gasteiger partial charge is 0.220 e. The number of para-hydroxylation sites is 1. The van der Waals surface area contributed by atoms with Gasteiger partial charge in [-0.15, -0.1) is 0 Å². The monoisotopic (exact) mass is 400 g/mol. The summed E-state index contributed by atoms with van der Waals surface area (Å²) in [6, 6.07) is 20.6. The number of furan rings is 1. The molecule has 2 aromatic carbocycles. The van der Waals surface area contributed by atoms with Crippen LogP contribution in [0.4, 0.5) is 0 Å². The average molecular weight is 400 g/mol. The summed E-state index contributed by atoms with van der Waals surface area (Å²) < 4.78 is 6.05. The van der Waals surface area contributed by atoms with Crippen molar-refractivity contribution in [3.8, 4) is 11.5 Å². The number of aromatic amines is 1. The zero-order chi connectivity index (χ0) is 20.3.